The van der Waals surface area contributed by atoms with Crippen molar-refractivity contribution in [2.24, 2.45) is 5.92 Å². The zero-order valence-corrected chi connectivity index (χ0v) is 16.5. The molecule has 0 radical (unpaired) electrons. The summed E-state index contributed by atoms with van der Waals surface area (Å²) in [5, 5.41) is 0.449. The highest BCUT2D eigenvalue weighted by molar-refractivity contribution is 6.34. The van der Waals surface area contributed by atoms with Gasteiger partial charge in [0, 0.05) is 33.9 Å². The van der Waals surface area contributed by atoms with Crippen LogP contribution in [0.5, 0.6) is 0 Å². The van der Waals surface area contributed by atoms with Gasteiger partial charge in [0.15, 0.2) is 11.6 Å². The zero-order valence-electron chi connectivity index (χ0n) is 15.8. The summed E-state index contributed by atoms with van der Waals surface area (Å²) < 4.78 is 0. The molecule has 140 valence electrons. The van der Waals surface area contributed by atoms with Gasteiger partial charge in [0.05, 0.1) is 11.3 Å². The molecule has 0 amide bonds. The predicted molar refractivity (Wildman–Crippen MR) is 113 cm³/mol. The standard InChI is InChI=1S/C24H20ClNO2/c1-15(2)14-26(17-7-4-3-5-8-17)21-10-6-9-19-22(21)24(28)18-12-11-16(25)13-20(18)23(19)27/h3-13,15H,14H2,1-2H3. The van der Waals surface area contributed by atoms with E-state index in [1.165, 1.54) is 0 Å². The molecule has 1 aliphatic carbocycles. The topological polar surface area (TPSA) is 37.4 Å². The fourth-order valence-electron chi connectivity index (χ4n) is 3.69. The minimum absolute atomic E-state index is 0.137. The number of hydrogen-bond donors (Lipinski definition) is 0. The number of ketones is 2. The summed E-state index contributed by atoms with van der Waals surface area (Å²) in [5.41, 5.74) is 3.43. The molecule has 3 aromatic rings. The van der Waals surface area contributed by atoms with E-state index in [-0.39, 0.29) is 11.6 Å². The van der Waals surface area contributed by atoms with Crippen LogP contribution in [0.2, 0.25) is 5.02 Å². The fourth-order valence-corrected chi connectivity index (χ4v) is 3.86. The first-order chi connectivity index (χ1) is 13.5. The number of nitrogens with zero attached hydrogens (tertiary/aromatic N) is 1. The Morgan fingerprint density at radius 3 is 2.29 bits per heavy atom. The van der Waals surface area contributed by atoms with Gasteiger partial charge in [-0.15, -0.1) is 0 Å². The molecule has 0 saturated carbocycles. The summed E-state index contributed by atoms with van der Waals surface area (Å²) in [7, 11) is 0. The Bertz CT molecular complexity index is 1070. The van der Waals surface area contributed by atoms with Crippen molar-refractivity contribution in [2.45, 2.75) is 13.8 Å². The highest BCUT2D eigenvalue weighted by atomic mass is 35.5. The maximum Gasteiger partial charge on any atom is 0.196 e. The molecule has 28 heavy (non-hydrogen) atoms. The van der Waals surface area contributed by atoms with E-state index in [0.717, 1.165) is 17.9 Å². The van der Waals surface area contributed by atoms with Gasteiger partial charge < -0.3 is 4.90 Å². The first-order valence-corrected chi connectivity index (χ1v) is 9.69. The molecule has 0 spiro atoms. The average molecular weight is 390 g/mol. The quantitative estimate of drug-likeness (QED) is 0.435. The fraction of sp³-hybridized carbons (Fsp3) is 0.167. The SMILES string of the molecule is CC(C)CN(c1ccccc1)c1cccc2c1C(=O)c1ccc(Cl)cc1C2=O. The molecule has 0 saturated heterocycles. The lowest BCUT2D eigenvalue weighted by molar-refractivity contribution is 0.0979. The van der Waals surface area contributed by atoms with E-state index >= 15 is 0 Å². The third-order valence-electron chi connectivity index (χ3n) is 4.89. The minimum Gasteiger partial charge on any atom is -0.341 e. The minimum atomic E-state index is -0.161. The third-order valence-corrected chi connectivity index (χ3v) is 5.13. The normalized spacial score (nSPS) is 12.7. The number of fused-ring (bicyclic) bond motifs is 2. The maximum atomic E-state index is 13.4. The Hall–Kier alpha value is -2.91. The highest BCUT2D eigenvalue weighted by Gasteiger charge is 2.33. The Balaban J connectivity index is 1.92. The molecule has 0 fully saturated rings. The molecular formula is C24H20ClNO2. The van der Waals surface area contributed by atoms with Crippen molar-refractivity contribution >= 4 is 34.5 Å². The molecule has 4 heteroatoms. The summed E-state index contributed by atoms with van der Waals surface area (Å²) >= 11 is 6.06. The number of carbonyl (C=O) groups is 2. The zero-order chi connectivity index (χ0) is 19.8. The van der Waals surface area contributed by atoms with Gasteiger partial charge in [-0.2, -0.15) is 0 Å². The van der Waals surface area contributed by atoms with Gasteiger partial charge in [0.25, 0.3) is 0 Å². The average Bonchev–Trinajstić information content (AvgIpc) is 2.70. The largest absolute Gasteiger partial charge is 0.341 e. The number of benzene rings is 3. The molecule has 0 heterocycles. The molecule has 3 aromatic carbocycles. The molecule has 0 atom stereocenters. The highest BCUT2D eigenvalue weighted by Crippen LogP contribution is 2.37. The van der Waals surface area contributed by atoms with Crippen LogP contribution in [0.25, 0.3) is 0 Å². The van der Waals surface area contributed by atoms with Gasteiger partial charge in [-0.3, -0.25) is 9.59 Å². The Kier molecular flexibility index (Phi) is 4.78. The van der Waals surface area contributed by atoms with E-state index in [4.69, 9.17) is 11.6 Å². The number of carbonyl (C=O) groups excluding carboxylic acids is 2. The summed E-state index contributed by atoms with van der Waals surface area (Å²) in [6, 6.07) is 20.3. The van der Waals surface area contributed by atoms with Crippen LogP contribution in [-0.2, 0) is 0 Å². The van der Waals surface area contributed by atoms with Crippen LogP contribution in [0, 0.1) is 5.92 Å². The van der Waals surface area contributed by atoms with Crippen LogP contribution in [0.15, 0.2) is 66.7 Å². The summed E-state index contributed by atoms with van der Waals surface area (Å²) in [6.45, 7) is 5.00. The van der Waals surface area contributed by atoms with Gasteiger partial charge in [-0.25, -0.2) is 0 Å². The number of para-hydroxylation sites is 1. The summed E-state index contributed by atoms with van der Waals surface area (Å²) in [5.74, 6) is 0.0737. The van der Waals surface area contributed by atoms with Crippen molar-refractivity contribution in [1.82, 2.24) is 0 Å². The molecular weight excluding hydrogens is 370 g/mol. The van der Waals surface area contributed by atoms with E-state index in [9.17, 15) is 9.59 Å². The molecule has 0 aromatic heterocycles. The first kappa shape index (κ1) is 18.5. The Morgan fingerprint density at radius 2 is 1.57 bits per heavy atom. The van der Waals surface area contributed by atoms with E-state index in [1.807, 2.05) is 42.5 Å². The van der Waals surface area contributed by atoms with Gasteiger partial charge in [0.2, 0.25) is 0 Å². The molecule has 4 rings (SSSR count). The van der Waals surface area contributed by atoms with Crippen LogP contribution in [0.1, 0.15) is 45.7 Å². The second-order valence-corrected chi connectivity index (χ2v) is 7.82. The lowest BCUT2D eigenvalue weighted by atomic mass is 9.83. The number of halogens is 1. The summed E-state index contributed by atoms with van der Waals surface area (Å²) in [6.07, 6.45) is 0. The van der Waals surface area contributed by atoms with Gasteiger partial charge in [-0.1, -0.05) is 55.8 Å². The van der Waals surface area contributed by atoms with E-state index in [1.54, 1.807) is 24.3 Å². The lowest BCUT2D eigenvalue weighted by Gasteiger charge is -2.30. The second-order valence-electron chi connectivity index (χ2n) is 7.39. The van der Waals surface area contributed by atoms with Gasteiger partial charge in [-0.05, 0) is 42.3 Å². The third kappa shape index (κ3) is 3.12. The molecule has 1 aliphatic rings. The summed E-state index contributed by atoms with van der Waals surface area (Å²) in [4.78, 5) is 28.6. The lowest BCUT2D eigenvalue weighted by Crippen LogP contribution is -2.28. The number of rotatable bonds is 4. The predicted octanol–water partition coefficient (Wildman–Crippen LogP) is 5.91. The van der Waals surface area contributed by atoms with Gasteiger partial charge >= 0.3 is 0 Å². The molecule has 3 nitrogen and oxygen atoms in total. The van der Waals surface area contributed by atoms with E-state index in [0.29, 0.717) is 33.2 Å². The van der Waals surface area contributed by atoms with Crippen molar-refractivity contribution < 1.29 is 9.59 Å². The van der Waals surface area contributed by atoms with Gasteiger partial charge in [0.1, 0.15) is 0 Å². The van der Waals surface area contributed by atoms with Crippen molar-refractivity contribution in [3.63, 3.8) is 0 Å². The van der Waals surface area contributed by atoms with Crippen molar-refractivity contribution in [3.05, 3.63) is 94.0 Å². The van der Waals surface area contributed by atoms with E-state index in [2.05, 4.69) is 18.7 Å². The molecule has 0 unspecified atom stereocenters. The van der Waals surface area contributed by atoms with Crippen LogP contribution in [0.4, 0.5) is 11.4 Å². The molecule has 0 bridgehead atoms. The van der Waals surface area contributed by atoms with Crippen LogP contribution in [-0.4, -0.2) is 18.1 Å². The Morgan fingerprint density at radius 1 is 0.821 bits per heavy atom. The van der Waals surface area contributed by atoms with Crippen molar-refractivity contribution in [2.75, 3.05) is 11.4 Å². The van der Waals surface area contributed by atoms with Crippen molar-refractivity contribution in [1.29, 1.82) is 0 Å². The van der Waals surface area contributed by atoms with Crippen LogP contribution < -0.4 is 4.90 Å². The smallest absolute Gasteiger partial charge is 0.196 e. The number of anilines is 2. The van der Waals surface area contributed by atoms with Crippen molar-refractivity contribution in [3.8, 4) is 0 Å². The maximum absolute atomic E-state index is 13.4. The van der Waals surface area contributed by atoms with Crippen LogP contribution in [0.3, 0.4) is 0 Å². The Labute approximate surface area is 169 Å². The van der Waals surface area contributed by atoms with E-state index < -0.39 is 0 Å². The molecule has 0 aliphatic heterocycles. The number of hydrogen-bond acceptors (Lipinski definition) is 3. The second kappa shape index (κ2) is 7.25. The monoisotopic (exact) mass is 389 g/mol. The molecule has 0 N–H and O–H groups in total. The first-order valence-electron chi connectivity index (χ1n) is 9.32. The van der Waals surface area contributed by atoms with Crippen LogP contribution >= 0.6 is 11.6 Å².